The van der Waals surface area contributed by atoms with Gasteiger partial charge in [-0.2, -0.15) is 0 Å². The summed E-state index contributed by atoms with van der Waals surface area (Å²) < 4.78 is 6.18. The summed E-state index contributed by atoms with van der Waals surface area (Å²) in [6.07, 6.45) is 3.41. The van der Waals surface area contributed by atoms with Gasteiger partial charge in [0.05, 0.1) is 11.1 Å². The zero-order chi connectivity index (χ0) is 23.4. The number of nitrogens with zero attached hydrogens (tertiary/aromatic N) is 2. The van der Waals surface area contributed by atoms with E-state index in [-0.39, 0.29) is 5.56 Å². The lowest BCUT2D eigenvalue weighted by Gasteiger charge is -2.26. The van der Waals surface area contributed by atoms with Crippen LogP contribution in [-0.4, -0.2) is 73.2 Å². The van der Waals surface area contributed by atoms with Crippen LogP contribution in [0.5, 0.6) is 11.5 Å². The first-order valence-corrected chi connectivity index (χ1v) is 10.9. The predicted octanol–water partition coefficient (Wildman–Crippen LogP) is 3.77. The third-order valence-corrected chi connectivity index (χ3v) is 5.78. The lowest BCUT2D eigenvalue weighted by atomic mass is 9.86. The lowest BCUT2D eigenvalue weighted by Crippen LogP contribution is -2.19. The molecule has 172 valence electrons. The van der Waals surface area contributed by atoms with Gasteiger partial charge in [0.1, 0.15) is 11.5 Å². The van der Waals surface area contributed by atoms with E-state index < -0.39 is 11.9 Å². The Morgan fingerprint density at radius 3 is 2.16 bits per heavy atom. The lowest BCUT2D eigenvalue weighted by molar-refractivity contribution is 0.0684. The second kappa shape index (κ2) is 10.1. The molecule has 2 aromatic carbocycles. The van der Waals surface area contributed by atoms with Crippen molar-refractivity contribution in [2.45, 2.75) is 32.1 Å². The molecular weight excluding hydrogens is 408 g/mol. The highest BCUT2D eigenvalue weighted by Gasteiger charge is 2.27. The van der Waals surface area contributed by atoms with Gasteiger partial charge >= 0.3 is 11.9 Å². The molecule has 0 amide bonds. The molecule has 0 unspecified atom stereocenters. The smallest absolute Gasteiger partial charge is 0.336 e. The Morgan fingerprint density at radius 1 is 0.906 bits per heavy atom. The number of benzene rings is 2. The van der Waals surface area contributed by atoms with Crippen molar-refractivity contribution in [3.63, 3.8) is 0 Å². The van der Waals surface area contributed by atoms with Gasteiger partial charge in [0.2, 0.25) is 0 Å². The number of ether oxygens (including phenoxy) is 1. The van der Waals surface area contributed by atoms with Crippen molar-refractivity contribution < 1.29 is 24.5 Å². The number of aryl methyl sites for hydroxylation is 1. The van der Waals surface area contributed by atoms with Crippen molar-refractivity contribution in [3.05, 3.63) is 57.6 Å². The minimum atomic E-state index is -0.993. The highest BCUT2D eigenvalue weighted by Crippen LogP contribution is 2.41. The Balaban J connectivity index is 2.06. The van der Waals surface area contributed by atoms with Crippen LogP contribution in [0.2, 0.25) is 0 Å². The van der Waals surface area contributed by atoms with Gasteiger partial charge in [-0.1, -0.05) is 0 Å². The molecular formula is C25H32N2O5. The van der Waals surface area contributed by atoms with Gasteiger partial charge in [-0.3, -0.25) is 0 Å². The molecule has 2 aromatic rings. The van der Waals surface area contributed by atoms with E-state index in [0.29, 0.717) is 36.3 Å². The van der Waals surface area contributed by atoms with Crippen LogP contribution >= 0.6 is 0 Å². The summed E-state index contributed by atoms with van der Waals surface area (Å²) in [4.78, 5) is 28.0. The number of rotatable bonds is 10. The number of hydrogen-bond donors (Lipinski definition) is 2. The van der Waals surface area contributed by atoms with Crippen molar-refractivity contribution in [3.8, 4) is 11.5 Å². The van der Waals surface area contributed by atoms with E-state index in [1.54, 1.807) is 12.1 Å². The third-order valence-electron chi connectivity index (χ3n) is 5.78. The predicted molar refractivity (Wildman–Crippen MR) is 123 cm³/mol. The van der Waals surface area contributed by atoms with Crippen molar-refractivity contribution in [2.24, 2.45) is 0 Å². The molecule has 0 saturated carbocycles. The molecule has 0 spiro atoms. The molecule has 0 saturated heterocycles. The molecule has 32 heavy (non-hydrogen) atoms. The van der Waals surface area contributed by atoms with E-state index in [1.165, 1.54) is 6.07 Å². The SMILES string of the molecule is CN(C)CCCc1cc2c(c(CCCN(C)C)c1C(=O)O)Cc1cc(C(=O)O)ccc1O2. The second-order valence-electron chi connectivity index (χ2n) is 8.89. The Labute approximate surface area is 189 Å². The molecule has 0 bridgehead atoms. The van der Waals surface area contributed by atoms with Crippen molar-refractivity contribution in [1.29, 1.82) is 0 Å². The summed E-state index contributed by atoms with van der Waals surface area (Å²) in [6, 6.07) is 6.71. The molecule has 1 heterocycles. The van der Waals surface area contributed by atoms with Gasteiger partial charge in [0, 0.05) is 17.5 Å². The van der Waals surface area contributed by atoms with Crippen molar-refractivity contribution in [1.82, 2.24) is 9.80 Å². The molecule has 0 atom stereocenters. The fourth-order valence-corrected chi connectivity index (χ4v) is 4.25. The summed E-state index contributed by atoms with van der Waals surface area (Å²) in [5.41, 5.74) is 3.80. The number of carbonyl (C=O) groups is 2. The summed E-state index contributed by atoms with van der Waals surface area (Å²) in [5.74, 6) is -0.598. The molecule has 0 aliphatic carbocycles. The van der Waals surface area contributed by atoms with Gasteiger partial charge in [-0.05, 0) is 102 Å². The topological polar surface area (TPSA) is 90.3 Å². The van der Waals surface area contributed by atoms with E-state index in [9.17, 15) is 19.8 Å². The Kier molecular flexibility index (Phi) is 7.53. The van der Waals surface area contributed by atoms with Crippen LogP contribution < -0.4 is 4.74 Å². The quantitative estimate of drug-likeness (QED) is 0.496. The zero-order valence-corrected chi connectivity index (χ0v) is 19.3. The first-order valence-electron chi connectivity index (χ1n) is 10.9. The van der Waals surface area contributed by atoms with Gasteiger partial charge in [-0.25, -0.2) is 9.59 Å². The van der Waals surface area contributed by atoms with E-state index in [4.69, 9.17) is 4.74 Å². The highest BCUT2D eigenvalue weighted by atomic mass is 16.5. The third kappa shape index (κ3) is 5.47. The molecule has 7 heteroatoms. The van der Waals surface area contributed by atoms with Gasteiger partial charge in [0.25, 0.3) is 0 Å². The summed E-state index contributed by atoms with van der Waals surface area (Å²) in [6.45, 7) is 1.72. The van der Waals surface area contributed by atoms with Crippen LogP contribution in [0.3, 0.4) is 0 Å². The normalized spacial score (nSPS) is 12.4. The number of aromatic carboxylic acids is 2. The van der Waals surface area contributed by atoms with Gasteiger partial charge < -0.3 is 24.7 Å². The van der Waals surface area contributed by atoms with E-state index in [2.05, 4.69) is 9.80 Å². The number of fused-ring (bicyclic) bond motifs is 2. The minimum absolute atomic E-state index is 0.198. The maximum atomic E-state index is 12.4. The van der Waals surface area contributed by atoms with Crippen LogP contribution in [0.1, 0.15) is 55.8 Å². The summed E-state index contributed by atoms with van der Waals surface area (Å²) in [5, 5.41) is 19.5. The maximum Gasteiger partial charge on any atom is 0.336 e. The van der Waals surface area contributed by atoms with E-state index >= 15 is 0 Å². The first kappa shape index (κ1) is 23.8. The minimum Gasteiger partial charge on any atom is -0.478 e. The zero-order valence-electron chi connectivity index (χ0n) is 19.3. The number of carboxylic acid groups (broad SMARTS) is 2. The Morgan fingerprint density at radius 2 is 1.56 bits per heavy atom. The molecule has 0 aromatic heterocycles. The standard InChI is InChI=1S/C25H32N2O5/c1-26(2)11-5-7-16-15-22-20(19(23(16)25(30)31)8-6-12-27(3)4)14-18-13-17(24(28)29)9-10-21(18)32-22/h9-10,13,15H,5-8,11-12,14H2,1-4H3,(H,28,29)(H,30,31). The molecule has 1 aliphatic rings. The largest absolute Gasteiger partial charge is 0.478 e. The fraction of sp³-hybridized carbons (Fsp3) is 0.440. The average molecular weight is 441 g/mol. The van der Waals surface area contributed by atoms with E-state index in [0.717, 1.165) is 48.2 Å². The monoisotopic (exact) mass is 440 g/mol. The molecule has 2 N–H and O–H groups in total. The van der Waals surface area contributed by atoms with Crippen LogP contribution in [0.25, 0.3) is 0 Å². The van der Waals surface area contributed by atoms with Crippen molar-refractivity contribution in [2.75, 3.05) is 41.3 Å². The summed E-state index contributed by atoms with van der Waals surface area (Å²) in [7, 11) is 8.00. The summed E-state index contributed by atoms with van der Waals surface area (Å²) >= 11 is 0. The Hall–Kier alpha value is -2.90. The molecule has 1 aliphatic heterocycles. The van der Waals surface area contributed by atoms with Crippen LogP contribution in [0.4, 0.5) is 0 Å². The molecule has 3 rings (SSSR count). The first-order chi connectivity index (χ1) is 15.2. The molecule has 0 radical (unpaired) electrons. The van der Waals surface area contributed by atoms with E-state index in [1.807, 2.05) is 34.3 Å². The molecule has 7 nitrogen and oxygen atoms in total. The fourth-order valence-electron chi connectivity index (χ4n) is 4.25. The van der Waals surface area contributed by atoms with Gasteiger partial charge in [-0.15, -0.1) is 0 Å². The number of hydrogen-bond acceptors (Lipinski definition) is 5. The maximum absolute atomic E-state index is 12.4. The van der Waals surface area contributed by atoms with Gasteiger partial charge in [0.15, 0.2) is 0 Å². The van der Waals surface area contributed by atoms with Crippen LogP contribution in [0.15, 0.2) is 24.3 Å². The van der Waals surface area contributed by atoms with Crippen molar-refractivity contribution >= 4 is 11.9 Å². The second-order valence-corrected chi connectivity index (χ2v) is 8.89. The highest BCUT2D eigenvalue weighted by molar-refractivity contribution is 5.92. The average Bonchev–Trinajstić information content (AvgIpc) is 2.71. The molecule has 0 fully saturated rings. The number of carboxylic acids is 2. The Bertz CT molecular complexity index is 1010. The van der Waals surface area contributed by atoms with Crippen LogP contribution in [0, 0.1) is 0 Å². The van der Waals surface area contributed by atoms with Crippen LogP contribution in [-0.2, 0) is 19.3 Å².